The molecule has 2 N–H and O–H groups in total. The molecule has 11 nitrogen and oxygen atoms in total. The maximum absolute atomic E-state index is 12.5. The number of rotatable bonds is 11. The standard InChI is InChI=1S/C27H26BrN3O8/c1-35-21-10-16(8-9-20(21)39-27(34)17-6-5-7-19(28)11-17)14-30-31-24(32)15-29-26(33)18-12-22(36-2)25(38-4)23(13-18)37-3/h5-14H,15H2,1-4H3,(H,29,33)(H,31,32)/b30-14-. The number of nitrogens with zero attached hydrogens (tertiary/aromatic N) is 1. The highest BCUT2D eigenvalue weighted by Gasteiger charge is 2.17. The summed E-state index contributed by atoms with van der Waals surface area (Å²) in [5, 5.41) is 6.39. The van der Waals surface area contributed by atoms with Gasteiger partial charge in [0.25, 0.3) is 11.8 Å². The monoisotopic (exact) mass is 599 g/mol. The van der Waals surface area contributed by atoms with E-state index < -0.39 is 17.8 Å². The van der Waals surface area contributed by atoms with Crippen molar-refractivity contribution in [1.29, 1.82) is 0 Å². The number of amides is 2. The highest BCUT2D eigenvalue weighted by Crippen LogP contribution is 2.38. The summed E-state index contributed by atoms with van der Waals surface area (Å²) in [4.78, 5) is 37.2. The summed E-state index contributed by atoms with van der Waals surface area (Å²) < 4.78 is 27.2. The van der Waals surface area contributed by atoms with Crippen molar-refractivity contribution in [3.63, 3.8) is 0 Å². The van der Waals surface area contributed by atoms with Gasteiger partial charge in [-0.1, -0.05) is 22.0 Å². The van der Waals surface area contributed by atoms with Gasteiger partial charge in [-0.3, -0.25) is 9.59 Å². The highest BCUT2D eigenvalue weighted by atomic mass is 79.9. The molecule has 0 atom stereocenters. The number of esters is 1. The average Bonchev–Trinajstić information content (AvgIpc) is 2.95. The van der Waals surface area contributed by atoms with Crippen LogP contribution >= 0.6 is 15.9 Å². The Balaban J connectivity index is 1.57. The number of benzene rings is 3. The van der Waals surface area contributed by atoms with Crippen LogP contribution in [0.25, 0.3) is 0 Å². The molecular formula is C27H26BrN3O8. The fourth-order valence-corrected chi connectivity index (χ4v) is 3.72. The van der Waals surface area contributed by atoms with E-state index in [0.29, 0.717) is 34.1 Å². The van der Waals surface area contributed by atoms with Gasteiger partial charge in [0.15, 0.2) is 23.0 Å². The summed E-state index contributed by atoms with van der Waals surface area (Å²) in [5.74, 6) is -0.150. The van der Waals surface area contributed by atoms with Crippen molar-refractivity contribution >= 4 is 39.9 Å². The number of hydrogen-bond acceptors (Lipinski definition) is 9. The van der Waals surface area contributed by atoms with Crippen molar-refractivity contribution in [2.24, 2.45) is 5.10 Å². The molecule has 3 rings (SSSR count). The molecule has 0 saturated heterocycles. The Kier molecular flexibility index (Phi) is 10.3. The predicted molar refractivity (Wildman–Crippen MR) is 146 cm³/mol. The second-order valence-corrected chi connectivity index (χ2v) is 8.62. The van der Waals surface area contributed by atoms with E-state index in [2.05, 4.69) is 31.8 Å². The fraction of sp³-hybridized carbons (Fsp3) is 0.185. The lowest BCUT2D eigenvalue weighted by Gasteiger charge is -2.14. The lowest BCUT2D eigenvalue weighted by atomic mass is 10.1. The van der Waals surface area contributed by atoms with Crippen LogP contribution in [0.15, 0.2) is 64.2 Å². The minimum absolute atomic E-state index is 0.216. The second kappa shape index (κ2) is 13.8. The Hall–Kier alpha value is -4.58. The maximum atomic E-state index is 12.5. The third kappa shape index (κ3) is 7.71. The van der Waals surface area contributed by atoms with E-state index in [1.54, 1.807) is 42.5 Å². The van der Waals surface area contributed by atoms with Crippen molar-refractivity contribution in [1.82, 2.24) is 10.7 Å². The van der Waals surface area contributed by atoms with Gasteiger partial charge < -0.3 is 29.0 Å². The van der Waals surface area contributed by atoms with Crippen molar-refractivity contribution < 1.29 is 38.1 Å². The van der Waals surface area contributed by atoms with Gasteiger partial charge in [0.2, 0.25) is 5.75 Å². The van der Waals surface area contributed by atoms with Crippen molar-refractivity contribution in [3.05, 3.63) is 75.8 Å². The lowest BCUT2D eigenvalue weighted by molar-refractivity contribution is -0.120. The lowest BCUT2D eigenvalue weighted by Crippen LogP contribution is -2.34. The molecule has 2 amide bonds. The number of carbonyl (C=O) groups excluding carboxylic acids is 3. The van der Waals surface area contributed by atoms with Crippen LogP contribution in [0.3, 0.4) is 0 Å². The summed E-state index contributed by atoms with van der Waals surface area (Å²) in [5.41, 5.74) is 3.48. The minimum atomic E-state index is -0.557. The van der Waals surface area contributed by atoms with Crippen LogP contribution in [0.4, 0.5) is 0 Å². The number of hydrogen-bond donors (Lipinski definition) is 2. The quantitative estimate of drug-likeness (QED) is 0.148. The zero-order valence-corrected chi connectivity index (χ0v) is 23.2. The summed E-state index contributed by atoms with van der Waals surface area (Å²) >= 11 is 3.32. The third-order valence-electron chi connectivity index (χ3n) is 5.19. The summed E-state index contributed by atoms with van der Waals surface area (Å²) in [7, 11) is 5.76. The predicted octanol–water partition coefficient (Wildman–Crippen LogP) is 3.58. The first kappa shape index (κ1) is 29.0. The zero-order valence-electron chi connectivity index (χ0n) is 21.6. The van der Waals surface area contributed by atoms with Gasteiger partial charge >= 0.3 is 5.97 Å². The molecule has 0 fully saturated rings. The van der Waals surface area contributed by atoms with Crippen LogP contribution < -0.4 is 34.4 Å². The van der Waals surface area contributed by atoms with Gasteiger partial charge in [-0.2, -0.15) is 5.10 Å². The molecule has 0 bridgehead atoms. The van der Waals surface area contributed by atoms with Crippen LogP contribution in [0.1, 0.15) is 26.3 Å². The number of halogens is 1. The molecule has 0 unspecified atom stereocenters. The minimum Gasteiger partial charge on any atom is -0.493 e. The van der Waals surface area contributed by atoms with E-state index in [9.17, 15) is 14.4 Å². The van der Waals surface area contributed by atoms with Crippen LogP contribution in [0.5, 0.6) is 28.7 Å². The second-order valence-electron chi connectivity index (χ2n) is 7.70. The Labute approximate surface area is 233 Å². The third-order valence-corrected chi connectivity index (χ3v) is 5.68. The van der Waals surface area contributed by atoms with Crippen LogP contribution in [0.2, 0.25) is 0 Å². The smallest absolute Gasteiger partial charge is 0.343 e. The molecule has 39 heavy (non-hydrogen) atoms. The fourth-order valence-electron chi connectivity index (χ4n) is 3.32. The van der Waals surface area contributed by atoms with Gasteiger partial charge in [0.1, 0.15) is 0 Å². The van der Waals surface area contributed by atoms with Crippen molar-refractivity contribution in [2.45, 2.75) is 0 Å². The van der Waals surface area contributed by atoms with Crippen LogP contribution in [-0.4, -0.2) is 59.0 Å². The molecule has 3 aromatic carbocycles. The molecular weight excluding hydrogens is 574 g/mol. The molecule has 0 radical (unpaired) electrons. The van der Waals surface area contributed by atoms with E-state index in [-0.39, 0.29) is 17.9 Å². The molecule has 0 spiro atoms. The number of methoxy groups -OCH3 is 4. The molecule has 3 aromatic rings. The topological polar surface area (TPSA) is 134 Å². The average molecular weight is 600 g/mol. The Morgan fingerprint density at radius 3 is 2.13 bits per heavy atom. The maximum Gasteiger partial charge on any atom is 0.343 e. The number of hydrazone groups is 1. The number of nitrogens with one attached hydrogen (secondary N) is 2. The van der Waals surface area contributed by atoms with Gasteiger partial charge in [-0.25, -0.2) is 10.2 Å². The van der Waals surface area contributed by atoms with E-state index in [1.807, 2.05) is 0 Å². The van der Waals surface area contributed by atoms with E-state index in [0.717, 1.165) is 4.47 Å². The first-order chi connectivity index (χ1) is 18.8. The van der Waals surface area contributed by atoms with Crippen molar-refractivity contribution in [3.8, 4) is 28.7 Å². The normalized spacial score (nSPS) is 10.5. The summed E-state index contributed by atoms with van der Waals surface area (Å²) in [6.45, 7) is -0.333. The SMILES string of the molecule is COc1cc(/C=N\NC(=O)CNC(=O)c2cc(OC)c(OC)c(OC)c2)ccc1OC(=O)c1cccc(Br)c1. The largest absolute Gasteiger partial charge is 0.493 e. The molecule has 0 aromatic heterocycles. The highest BCUT2D eigenvalue weighted by molar-refractivity contribution is 9.10. The first-order valence-corrected chi connectivity index (χ1v) is 12.1. The molecule has 0 aliphatic carbocycles. The Bertz CT molecular complexity index is 1370. The number of ether oxygens (including phenoxy) is 5. The number of carbonyl (C=O) groups is 3. The molecule has 204 valence electrons. The molecule has 0 saturated carbocycles. The van der Waals surface area contributed by atoms with E-state index >= 15 is 0 Å². The van der Waals surface area contributed by atoms with E-state index in [1.165, 1.54) is 46.8 Å². The molecule has 0 aliphatic heterocycles. The molecule has 0 heterocycles. The van der Waals surface area contributed by atoms with Gasteiger partial charge in [-0.15, -0.1) is 0 Å². The Morgan fingerprint density at radius 1 is 0.821 bits per heavy atom. The van der Waals surface area contributed by atoms with E-state index in [4.69, 9.17) is 23.7 Å². The molecule has 0 aliphatic rings. The Morgan fingerprint density at radius 2 is 1.51 bits per heavy atom. The summed E-state index contributed by atoms with van der Waals surface area (Å²) in [6.07, 6.45) is 1.38. The summed E-state index contributed by atoms with van der Waals surface area (Å²) in [6, 6.07) is 14.5. The van der Waals surface area contributed by atoms with Crippen LogP contribution in [0, 0.1) is 0 Å². The molecule has 12 heteroatoms. The van der Waals surface area contributed by atoms with Gasteiger partial charge in [-0.05, 0) is 54.1 Å². The van der Waals surface area contributed by atoms with Gasteiger partial charge in [0.05, 0.1) is 46.8 Å². The first-order valence-electron chi connectivity index (χ1n) is 11.4. The van der Waals surface area contributed by atoms with Gasteiger partial charge in [0, 0.05) is 10.0 Å². The van der Waals surface area contributed by atoms with Crippen LogP contribution in [-0.2, 0) is 4.79 Å². The zero-order chi connectivity index (χ0) is 28.4. The van der Waals surface area contributed by atoms with Crippen molar-refractivity contribution in [2.75, 3.05) is 35.0 Å².